The van der Waals surface area contributed by atoms with Crippen LogP contribution in [0.4, 0.5) is 4.39 Å². The van der Waals surface area contributed by atoms with Crippen LogP contribution in [0.5, 0.6) is 0 Å². The Bertz CT molecular complexity index is 484. The Morgan fingerprint density at radius 3 is 2.94 bits per heavy atom. The number of hydrogen-bond acceptors (Lipinski definition) is 4. The van der Waals surface area contributed by atoms with Crippen LogP contribution in [-0.2, 0) is 6.42 Å². The first-order valence-corrected chi connectivity index (χ1v) is 5.59. The van der Waals surface area contributed by atoms with Crippen molar-refractivity contribution in [1.82, 2.24) is 15.5 Å². The molecule has 0 aliphatic carbocycles. The van der Waals surface area contributed by atoms with Gasteiger partial charge in [-0.3, -0.25) is 0 Å². The topological polar surface area (TPSA) is 51.0 Å². The zero-order chi connectivity index (χ0) is 12.1. The number of rotatable bonds is 5. The Morgan fingerprint density at radius 2 is 2.18 bits per heavy atom. The smallest absolute Gasteiger partial charge is 0.228 e. The summed E-state index contributed by atoms with van der Waals surface area (Å²) in [7, 11) is 0. The second-order valence-corrected chi connectivity index (χ2v) is 3.60. The van der Waals surface area contributed by atoms with Gasteiger partial charge >= 0.3 is 0 Å². The van der Waals surface area contributed by atoms with E-state index in [0.717, 1.165) is 13.1 Å². The van der Waals surface area contributed by atoms with E-state index in [0.29, 0.717) is 23.7 Å². The summed E-state index contributed by atoms with van der Waals surface area (Å²) in [6, 6.07) is 6.39. The number of likely N-dealkylation sites (N-methyl/N-ethyl adjacent to an activating group) is 1. The SMILES string of the molecule is CCNCCc1nc(-c2ccccc2F)no1. The molecule has 0 atom stereocenters. The highest BCUT2D eigenvalue weighted by Crippen LogP contribution is 2.18. The van der Waals surface area contributed by atoms with Crippen LogP contribution in [-0.4, -0.2) is 23.2 Å². The van der Waals surface area contributed by atoms with Crippen LogP contribution in [0.1, 0.15) is 12.8 Å². The monoisotopic (exact) mass is 235 g/mol. The normalized spacial score (nSPS) is 10.7. The first kappa shape index (κ1) is 11.7. The average molecular weight is 235 g/mol. The molecule has 1 N–H and O–H groups in total. The maximum atomic E-state index is 13.5. The van der Waals surface area contributed by atoms with Gasteiger partial charge in [0.1, 0.15) is 5.82 Å². The van der Waals surface area contributed by atoms with E-state index < -0.39 is 0 Å². The molecule has 0 saturated carbocycles. The highest BCUT2D eigenvalue weighted by molar-refractivity contribution is 5.54. The maximum Gasteiger partial charge on any atom is 0.228 e. The van der Waals surface area contributed by atoms with Crippen molar-refractivity contribution in [2.75, 3.05) is 13.1 Å². The van der Waals surface area contributed by atoms with E-state index in [1.54, 1.807) is 18.2 Å². The standard InChI is InChI=1S/C12H14FN3O/c1-2-14-8-7-11-15-12(16-17-11)9-5-3-4-6-10(9)13/h3-6,14H,2,7-8H2,1H3. The predicted molar refractivity (Wildman–Crippen MR) is 61.9 cm³/mol. The quantitative estimate of drug-likeness (QED) is 0.806. The molecule has 0 fully saturated rings. The van der Waals surface area contributed by atoms with Gasteiger partial charge in [-0.05, 0) is 18.7 Å². The maximum absolute atomic E-state index is 13.5. The molecule has 2 aromatic rings. The van der Waals surface area contributed by atoms with E-state index in [-0.39, 0.29) is 5.82 Å². The lowest BCUT2D eigenvalue weighted by atomic mass is 10.2. The van der Waals surface area contributed by atoms with Gasteiger partial charge in [-0.2, -0.15) is 4.98 Å². The number of nitrogens with one attached hydrogen (secondary N) is 1. The molecule has 0 spiro atoms. The fourth-order valence-corrected chi connectivity index (χ4v) is 1.48. The number of aromatic nitrogens is 2. The van der Waals surface area contributed by atoms with Crippen LogP contribution in [0.15, 0.2) is 28.8 Å². The summed E-state index contributed by atoms with van der Waals surface area (Å²) < 4.78 is 18.5. The van der Waals surface area contributed by atoms with Gasteiger partial charge in [0.15, 0.2) is 0 Å². The molecule has 1 heterocycles. The molecule has 0 aliphatic rings. The molecule has 0 bridgehead atoms. The van der Waals surface area contributed by atoms with E-state index in [9.17, 15) is 4.39 Å². The predicted octanol–water partition coefficient (Wildman–Crippen LogP) is 2.03. The van der Waals surface area contributed by atoms with Gasteiger partial charge < -0.3 is 9.84 Å². The minimum Gasteiger partial charge on any atom is -0.339 e. The van der Waals surface area contributed by atoms with Crippen LogP contribution in [0.2, 0.25) is 0 Å². The fourth-order valence-electron chi connectivity index (χ4n) is 1.48. The minimum atomic E-state index is -0.341. The Kier molecular flexibility index (Phi) is 3.82. The van der Waals surface area contributed by atoms with Crippen molar-refractivity contribution in [1.29, 1.82) is 0 Å². The van der Waals surface area contributed by atoms with Crippen molar-refractivity contribution in [3.8, 4) is 11.4 Å². The van der Waals surface area contributed by atoms with Crippen LogP contribution in [0.3, 0.4) is 0 Å². The third-order valence-corrected chi connectivity index (χ3v) is 2.35. The molecule has 1 aromatic carbocycles. The summed E-state index contributed by atoms with van der Waals surface area (Å²) in [6.07, 6.45) is 0.648. The van der Waals surface area contributed by atoms with E-state index in [1.807, 2.05) is 6.92 Å². The summed E-state index contributed by atoms with van der Waals surface area (Å²) in [5.74, 6) is 0.477. The van der Waals surface area contributed by atoms with Gasteiger partial charge in [0, 0.05) is 13.0 Å². The molecule has 0 unspecified atom stereocenters. The molecule has 0 aliphatic heterocycles. The number of hydrogen-bond donors (Lipinski definition) is 1. The van der Waals surface area contributed by atoms with Gasteiger partial charge in [-0.1, -0.05) is 24.2 Å². The highest BCUT2D eigenvalue weighted by atomic mass is 19.1. The van der Waals surface area contributed by atoms with Crippen molar-refractivity contribution < 1.29 is 8.91 Å². The first-order chi connectivity index (χ1) is 8.31. The van der Waals surface area contributed by atoms with Crippen molar-refractivity contribution in [2.45, 2.75) is 13.3 Å². The molecule has 0 saturated heterocycles. The summed E-state index contributed by atoms with van der Waals surface area (Å²) >= 11 is 0. The summed E-state index contributed by atoms with van der Waals surface area (Å²) in [5, 5.41) is 6.93. The lowest BCUT2D eigenvalue weighted by molar-refractivity contribution is 0.376. The molecule has 0 amide bonds. The zero-order valence-corrected chi connectivity index (χ0v) is 9.61. The second kappa shape index (κ2) is 5.54. The second-order valence-electron chi connectivity index (χ2n) is 3.60. The molecule has 0 radical (unpaired) electrons. The first-order valence-electron chi connectivity index (χ1n) is 5.59. The summed E-state index contributed by atoms with van der Waals surface area (Å²) in [6.45, 7) is 3.70. The Hall–Kier alpha value is -1.75. The van der Waals surface area contributed by atoms with E-state index in [4.69, 9.17) is 4.52 Å². The van der Waals surface area contributed by atoms with Gasteiger partial charge in [0.25, 0.3) is 0 Å². The molecular weight excluding hydrogens is 221 g/mol. The lowest BCUT2D eigenvalue weighted by Gasteiger charge is -1.96. The third kappa shape index (κ3) is 2.88. The zero-order valence-electron chi connectivity index (χ0n) is 9.61. The van der Waals surface area contributed by atoms with Gasteiger partial charge in [0.2, 0.25) is 11.7 Å². The number of benzene rings is 1. The van der Waals surface area contributed by atoms with E-state index in [1.165, 1.54) is 6.07 Å². The average Bonchev–Trinajstić information content (AvgIpc) is 2.79. The number of halogens is 1. The lowest BCUT2D eigenvalue weighted by Crippen LogP contribution is -2.16. The van der Waals surface area contributed by atoms with Crippen LogP contribution < -0.4 is 5.32 Å². The van der Waals surface area contributed by atoms with Crippen molar-refractivity contribution in [3.63, 3.8) is 0 Å². The highest BCUT2D eigenvalue weighted by Gasteiger charge is 2.11. The molecule has 17 heavy (non-hydrogen) atoms. The van der Waals surface area contributed by atoms with Crippen LogP contribution in [0, 0.1) is 5.82 Å². The Morgan fingerprint density at radius 1 is 1.35 bits per heavy atom. The molecule has 1 aromatic heterocycles. The van der Waals surface area contributed by atoms with Gasteiger partial charge in [0.05, 0.1) is 5.56 Å². The Labute approximate surface area is 98.8 Å². The molecule has 4 nitrogen and oxygen atoms in total. The van der Waals surface area contributed by atoms with Crippen LogP contribution in [0.25, 0.3) is 11.4 Å². The summed E-state index contributed by atoms with van der Waals surface area (Å²) in [4.78, 5) is 4.16. The van der Waals surface area contributed by atoms with Crippen molar-refractivity contribution in [3.05, 3.63) is 36.0 Å². The molecule has 2 rings (SSSR count). The fraction of sp³-hybridized carbons (Fsp3) is 0.333. The third-order valence-electron chi connectivity index (χ3n) is 2.35. The van der Waals surface area contributed by atoms with Gasteiger partial charge in [-0.15, -0.1) is 0 Å². The van der Waals surface area contributed by atoms with E-state index in [2.05, 4.69) is 15.5 Å². The molecule has 90 valence electrons. The van der Waals surface area contributed by atoms with Crippen molar-refractivity contribution in [2.24, 2.45) is 0 Å². The Balaban J connectivity index is 2.10. The largest absolute Gasteiger partial charge is 0.339 e. The van der Waals surface area contributed by atoms with Gasteiger partial charge in [-0.25, -0.2) is 4.39 Å². The van der Waals surface area contributed by atoms with Crippen molar-refractivity contribution >= 4 is 0 Å². The number of nitrogens with zero attached hydrogens (tertiary/aromatic N) is 2. The summed E-state index contributed by atoms with van der Waals surface area (Å²) in [5.41, 5.74) is 0.367. The minimum absolute atomic E-state index is 0.301. The molecule has 5 heteroatoms. The van der Waals surface area contributed by atoms with E-state index >= 15 is 0 Å². The molecular formula is C12H14FN3O. The van der Waals surface area contributed by atoms with Crippen LogP contribution >= 0.6 is 0 Å².